The molecule has 0 radical (unpaired) electrons. The van der Waals surface area contributed by atoms with E-state index >= 15 is 0 Å². The summed E-state index contributed by atoms with van der Waals surface area (Å²) in [6.45, 7) is 9.34. The monoisotopic (exact) mass is 308 g/mol. The number of thiophene rings is 1. The van der Waals surface area contributed by atoms with Crippen LogP contribution in [-0.2, 0) is 0 Å². The summed E-state index contributed by atoms with van der Waals surface area (Å²) in [6, 6.07) is 0. The summed E-state index contributed by atoms with van der Waals surface area (Å²) in [6.07, 6.45) is 4.80. The van der Waals surface area contributed by atoms with Crippen LogP contribution in [0.15, 0.2) is 0 Å². The van der Waals surface area contributed by atoms with Gasteiger partial charge in [-0.25, -0.2) is 0 Å². The van der Waals surface area contributed by atoms with E-state index < -0.39 is 0 Å². The molecule has 0 unspecified atom stereocenters. The van der Waals surface area contributed by atoms with E-state index in [1.165, 1.54) is 24.8 Å². The zero-order valence-electron chi connectivity index (χ0n) is 13.7. The van der Waals surface area contributed by atoms with Gasteiger partial charge in [-0.3, -0.25) is 4.79 Å². The molecule has 0 aliphatic heterocycles. The van der Waals surface area contributed by atoms with Crippen molar-refractivity contribution in [2.75, 3.05) is 17.6 Å². The van der Waals surface area contributed by atoms with Crippen molar-refractivity contribution in [3.8, 4) is 0 Å². The predicted octanol–water partition coefficient (Wildman–Crippen LogP) is 4.89. The molecule has 1 aliphatic carbocycles. The summed E-state index contributed by atoms with van der Waals surface area (Å²) < 4.78 is 0. The largest absolute Gasteiger partial charge is 0.397 e. The van der Waals surface area contributed by atoms with Crippen LogP contribution < -0.4 is 11.1 Å². The summed E-state index contributed by atoms with van der Waals surface area (Å²) in [5.74, 6) is 1.49. The lowest BCUT2D eigenvalue weighted by Gasteiger charge is -2.08. The van der Waals surface area contributed by atoms with Crippen molar-refractivity contribution in [3.63, 3.8) is 0 Å². The second kappa shape index (κ2) is 6.82. The molecule has 0 bridgehead atoms. The van der Waals surface area contributed by atoms with Gasteiger partial charge in [-0.2, -0.15) is 0 Å². The first kappa shape index (κ1) is 16.3. The van der Waals surface area contributed by atoms with E-state index in [0.717, 1.165) is 34.4 Å². The van der Waals surface area contributed by atoms with Crippen molar-refractivity contribution in [3.05, 3.63) is 10.4 Å². The summed E-state index contributed by atoms with van der Waals surface area (Å²) in [4.78, 5) is 13.1. The van der Waals surface area contributed by atoms with Gasteiger partial charge in [-0.05, 0) is 37.5 Å². The molecule has 4 heteroatoms. The first-order chi connectivity index (χ1) is 9.91. The molecule has 0 aromatic carbocycles. The van der Waals surface area contributed by atoms with Gasteiger partial charge in [0.2, 0.25) is 0 Å². The Labute approximate surface area is 132 Å². The minimum Gasteiger partial charge on any atom is -0.397 e. The van der Waals surface area contributed by atoms with E-state index in [4.69, 9.17) is 5.73 Å². The van der Waals surface area contributed by atoms with Gasteiger partial charge in [-0.15, -0.1) is 11.3 Å². The summed E-state index contributed by atoms with van der Waals surface area (Å²) >= 11 is 1.56. The Hall–Kier alpha value is -1.03. The van der Waals surface area contributed by atoms with E-state index in [9.17, 15) is 4.79 Å². The quantitative estimate of drug-likeness (QED) is 0.531. The second-order valence-electron chi connectivity index (χ2n) is 6.84. The Morgan fingerprint density at radius 1 is 1.33 bits per heavy atom. The summed E-state index contributed by atoms with van der Waals surface area (Å²) in [5, 5.41) is 4.67. The number of Topliss-reactive ketones (excluding diaryl/α,β-unsaturated/α-hetero) is 1. The van der Waals surface area contributed by atoms with Crippen molar-refractivity contribution in [2.45, 2.75) is 59.3 Å². The molecule has 2 rings (SSSR count). The first-order valence-corrected chi connectivity index (χ1v) is 8.93. The lowest BCUT2D eigenvalue weighted by Crippen LogP contribution is -2.08. The molecule has 1 aromatic heterocycles. The topological polar surface area (TPSA) is 55.1 Å². The van der Waals surface area contributed by atoms with Crippen LogP contribution in [0.4, 0.5) is 10.7 Å². The number of hydrogen-bond donors (Lipinski definition) is 2. The first-order valence-electron chi connectivity index (χ1n) is 8.12. The second-order valence-corrected chi connectivity index (χ2v) is 7.86. The Bertz CT molecular complexity index is 501. The molecule has 0 saturated heterocycles. The van der Waals surface area contributed by atoms with Crippen LogP contribution in [0.1, 0.15) is 74.5 Å². The number of rotatable bonds is 8. The molecule has 0 amide bonds. The van der Waals surface area contributed by atoms with Crippen LogP contribution in [0.25, 0.3) is 0 Å². The van der Waals surface area contributed by atoms with Crippen molar-refractivity contribution in [1.29, 1.82) is 0 Å². The number of nitrogen functional groups attached to an aromatic ring is 1. The minimum atomic E-state index is 0.00629. The average molecular weight is 308 g/mol. The summed E-state index contributed by atoms with van der Waals surface area (Å²) in [7, 11) is 0. The van der Waals surface area contributed by atoms with Crippen LogP contribution in [0.3, 0.4) is 0 Å². The molecular weight excluding hydrogens is 280 g/mol. The third-order valence-electron chi connectivity index (χ3n) is 3.96. The number of carbonyl (C=O) groups excluding carboxylic acids is 1. The zero-order chi connectivity index (χ0) is 15.6. The maximum atomic E-state index is 12.3. The SMILES string of the molecule is CC(C)CCCNc1sc(C(=O)C(C)C)c(N)c1C1CC1. The normalized spacial score (nSPS) is 15.0. The number of anilines is 2. The number of nitrogens with one attached hydrogen (secondary N) is 1. The highest BCUT2D eigenvalue weighted by Gasteiger charge is 2.33. The fourth-order valence-corrected chi connectivity index (χ4v) is 3.84. The molecule has 1 saturated carbocycles. The number of ketones is 1. The molecule has 3 N–H and O–H groups in total. The number of hydrogen-bond acceptors (Lipinski definition) is 4. The van der Waals surface area contributed by atoms with E-state index in [1.54, 1.807) is 11.3 Å². The minimum absolute atomic E-state index is 0.00629. The Kier molecular flexibility index (Phi) is 5.31. The molecule has 0 atom stereocenters. The van der Waals surface area contributed by atoms with Gasteiger partial charge < -0.3 is 11.1 Å². The van der Waals surface area contributed by atoms with E-state index in [2.05, 4.69) is 19.2 Å². The van der Waals surface area contributed by atoms with Crippen LogP contribution in [-0.4, -0.2) is 12.3 Å². The third-order valence-corrected chi connectivity index (χ3v) is 5.15. The summed E-state index contributed by atoms with van der Waals surface area (Å²) in [5.41, 5.74) is 8.25. The van der Waals surface area contributed by atoms with Gasteiger partial charge in [0.25, 0.3) is 0 Å². The molecular formula is C17H28N2OS. The number of carbonyl (C=O) groups is 1. The molecule has 1 aromatic rings. The molecule has 1 aliphatic rings. The smallest absolute Gasteiger partial charge is 0.177 e. The van der Waals surface area contributed by atoms with Crippen LogP contribution in [0, 0.1) is 11.8 Å². The predicted molar refractivity (Wildman–Crippen MR) is 92.4 cm³/mol. The third kappa shape index (κ3) is 4.00. The van der Waals surface area contributed by atoms with Crippen LogP contribution in [0.2, 0.25) is 0 Å². The van der Waals surface area contributed by atoms with Gasteiger partial charge in [0.1, 0.15) is 0 Å². The van der Waals surface area contributed by atoms with Gasteiger partial charge in [0.05, 0.1) is 15.6 Å². The van der Waals surface area contributed by atoms with E-state index in [-0.39, 0.29) is 11.7 Å². The maximum absolute atomic E-state index is 12.3. The highest BCUT2D eigenvalue weighted by atomic mass is 32.1. The fraction of sp³-hybridized carbons (Fsp3) is 0.706. The van der Waals surface area contributed by atoms with Crippen molar-refractivity contribution in [1.82, 2.24) is 0 Å². The maximum Gasteiger partial charge on any atom is 0.177 e. The Morgan fingerprint density at radius 3 is 2.52 bits per heavy atom. The van der Waals surface area contributed by atoms with Gasteiger partial charge in [0.15, 0.2) is 5.78 Å². The van der Waals surface area contributed by atoms with Crippen LogP contribution >= 0.6 is 11.3 Å². The zero-order valence-corrected chi connectivity index (χ0v) is 14.5. The molecule has 1 heterocycles. The van der Waals surface area contributed by atoms with Gasteiger partial charge in [-0.1, -0.05) is 27.7 Å². The fourth-order valence-electron chi connectivity index (χ4n) is 2.52. The van der Waals surface area contributed by atoms with Crippen LogP contribution in [0.5, 0.6) is 0 Å². The highest BCUT2D eigenvalue weighted by Crippen LogP contribution is 2.51. The lowest BCUT2D eigenvalue weighted by atomic mass is 10.0. The Morgan fingerprint density at radius 2 is 2.00 bits per heavy atom. The van der Waals surface area contributed by atoms with Gasteiger partial charge >= 0.3 is 0 Å². The average Bonchev–Trinajstić information content (AvgIpc) is 3.18. The molecule has 0 spiro atoms. The van der Waals surface area contributed by atoms with E-state index in [0.29, 0.717) is 5.92 Å². The van der Waals surface area contributed by atoms with Crippen molar-refractivity contribution in [2.24, 2.45) is 11.8 Å². The number of nitrogens with two attached hydrogens (primary N) is 1. The van der Waals surface area contributed by atoms with Crippen molar-refractivity contribution >= 4 is 27.8 Å². The standard InChI is InChI=1S/C17H28N2OS/c1-10(2)6-5-9-19-17-13(12-7-8-12)14(18)16(21-17)15(20)11(3)4/h10-12,19H,5-9,18H2,1-4H3. The van der Waals surface area contributed by atoms with Crippen molar-refractivity contribution < 1.29 is 4.79 Å². The van der Waals surface area contributed by atoms with E-state index in [1.807, 2.05) is 13.8 Å². The molecule has 21 heavy (non-hydrogen) atoms. The van der Waals surface area contributed by atoms with Gasteiger partial charge in [0, 0.05) is 18.0 Å². The highest BCUT2D eigenvalue weighted by molar-refractivity contribution is 7.18. The molecule has 1 fully saturated rings. The Balaban J connectivity index is 2.12. The molecule has 3 nitrogen and oxygen atoms in total. The lowest BCUT2D eigenvalue weighted by molar-refractivity contribution is 0.0944. The molecule has 118 valence electrons.